The van der Waals surface area contributed by atoms with Gasteiger partial charge in [0, 0.05) is 31.9 Å². The lowest BCUT2D eigenvalue weighted by molar-refractivity contribution is 0.625. The second kappa shape index (κ2) is 5.05. The summed E-state index contributed by atoms with van der Waals surface area (Å²) >= 11 is 0. The summed E-state index contributed by atoms with van der Waals surface area (Å²) in [6.07, 6.45) is 6.03. The van der Waals surface area contributed by atoms with Gasteiger partial charge in [-0.3, -0.25) is 4.40 Å². The SMILES string of the molecule is CN(Cc1cccc(F)c1)c1nccn2c(C3CC3)nnc12. The number of aromatic nitrogens is 4. The number of hydrogen-bond donors (Lipinski definition) is 0. The molecule has 22 heavy (non-hydrogen) atoms. The summed E-state index contributed by atoms with van der Waals surface area (Å²) in [6.45, 7) is 0.566. The Kier molecular flexibility index (Phi) is 3.03. The first-order valence-electron chi connectivity index (χ1n) is 7.37. The first-order valence-corrected chi connectivity index (χ1v) is 7.37. The molecule has 0 bridgehead atoms. The molecule has 0 amide bonds. The fraction of sp³-hybridized carbons (Fsp3) is 0.312. The highest BCUT2D eigenvalue weighted by Crippen LogP contribution is 2.39. The number of anilines is 1. The molecule has 2 aromatic heterocycles. The zero-order chi connectivity index (χ0) is 15.1. The molecule has 0 radical (unpaired) electrons. The maximum atomic E-state index is 13.3. The maximum absolute atomic E-state index is 13.3. The predicted molar refractivity (Wildman–Crippen MR) is 81.3 cm³/mol. The fourth-order valence-corrected chi connectivity index (χ4v) is 2.70. The van der Waals surface area contributed by atoms with Gasteiger partial charge in [0.05, 0.1) is 0 Å². The second-order valence-corrected chi connectivity index (χ2v) is 5.76. The monoisotopic (exact) mass is 297 g/mol. The molecule has 0 aliphatic heterocycles. The summed E-state index contributed by atoms with van der Waals surface area (Å²) in [5.41, 5.74) is 1.65. The van der Waals surface area contributed by atoms with Gasteiger partial charge < -0.3 is 4.90 Å². The minimum Gasteiger partial charge on any atom is -0.352 e. The van der Waals surface area contributed by atoms with Crippen LogP contribution in [0.2, 0.25) is 0 Å². The van der Waals surface area contributed by atoms with Gasteiger partial charge in [0.2, 0.25) is 5.65 Å². The number of nitrogens with zero attached hydrogens (tertiary/aromatic N) is 5. The van der Waals surface area contributed by atoms with Crippen molar-refractivity contribution in [1.82, 2.24) is 19.6 Å². The topological polar surface area (TPSA) is 46.3 Å². The van der Waals surface area contributed by atoms with Crippen molar-refractivity contribution in [3.8, 4) is 0 Å². The molecule has 1 saturated carbocycles. The van der Waals surface area contributed by atoms with Crippen molar-refractivity contribution in [3.05, 3.63) is 53.9 Å². The number of rotatable bonds is 4. The van der Waals surface area contributed by atoms with Crippen LogP contribution in [-0.4, -0.2) is 26.6 Å². The van der Waals surface area contributed by atoms with E-state index >= 15 is 0 Å². The number of halogens is 1. The van der Waals surface area contributed by atoms with Gasteiger partial charge in [0.25, 0.3) is 0 Å². The zero-order valence-electron chi connectivity index (χ0n) is 12.3. The average molecular weight is 297 g/mol. The Morgan fingerprint density at radius 3 is 2.95 bits per heavy atom. The van der Waals surface area contributed by atoms with Crippen molar-refractivity contribution in [2.24, 2.45) is 0 Å². The Morgan fingerprint density at radius 2 is 2.18 bits per heavy atom. The Labute approximate surface area is 127 Å². The van der Waals surface area contributed by atoms with E-state index in [1.54, 1.807) is 12.3 Å². The van der Waals surface area contributed by atoms with Gasteiger partial charge in [-0.05, 0) is 30.5 Å². The third-order valence-corrected chi connectivity index (χ3v) is 3.95. The van der Waals surface area contributed by atoms with E-state index in [1.807, 2.05) is 28.6 Å². The van der Waals surface area contributed by atoms with E-state index in [1.165, 1.54) is 25.0 Å². The molecule has 112 valence electrons. The van der Waals surface area contributed by atoms with Crippen LogP contribution in [0, 0.1) is 5.82 Å². The summed E-state index contributed by atoms with van der Waals surface area (Å²) in [5, 5.41) is 8.60. The van der Waals surface area contributed by atoms with Crippen molar-refractivity contribution in [3.63, 3.8) is 0 Å². The molecule has 0 saturated heterocycles. The molecule has 1 aliphatic rings. The number of hydrogen-bond acceptors (Lipinski definition) is 4. The molecule has 6 heteroatoms. The van der Waals surface area contributed by atoms with Crippen LogP contribution in [0.25, 0.3) is 5.65 Å². The Balaban J connectivity index is 1.68. The molecule has 0 atom stereocenters. The third kappa shape index (κ3) is 2.30. The Morgan fingerprint density at radius 1 is 1.32 bits per heavy atom. The molecule has 0 spiro atoms. The summed E-state index contributed by atoms with van der Waals surface area (Å²) in [7, 11) is 1.93. The summed E-state index contributed by atoms with van der Waals surface area (Å²) in [5.74, 6) is 2.07. The Hall–Kier alpha value is -2.50. The van der Waals surface area contributed by atoms with Crippen molar-refractivity contribution in [1.29, 1.82) is 0 Å². The fourth-order valence-electron chi connectivity index (χ4n) is 2.70. The largest absolute Gasteiger partial charge is 0.352 e. The molecular formula is C16H16FN5. The first kappa shape index (κ1) is 13.2. The van der Waals surface area contributed by atoms with Gasteiger partial charge in [-0.1, -0.05) is 12.1 Å². The lowest BCUT2D eigenvalue weighted by Gasteiger charge is -2.18. The van der Waals surface area contributed by atoms with E-state index in [0.717, 1.165) is 22.9 Å². The normalized spacial score (nSPS) is 14.5. The second-order valence-electron chi connectivity index (χ2n) is 5.76. The average Bonchev–Trinajstić information content (AvgIpc) is 3.26. The van der Waals surface area contributed by atoms with Crippen LogP contribution in [0.15, 0.2) is 36.7 Å². The van der Waals surface area contributed by atoms with Crippen LogP contribution < -0.4 is 4.90 Å². The van der Waals surface area contributed by atoms with Crippen molar-refractivity contribution in [2.45, 2.75) is 25.3 Å². The van der Waals surface area contributed by atoms with Crippen molar-refractivity contribution in [2.75, 3.05) is 11.9 Å². The predicted octanol–water partition coefficient (Wildman–Crippen LogP) is 2.78. The molecule has 0 N–H and O–H groups in total. The van der Waals surface area contributed by atoms with Crippen LogP contribution in [0.4, 0.5) is 10.2 Å². The molecule has 1 fully saturated rings. The van der Waals surface area contributed by atoms with Gasteiger partial charge in [-0.15, -0.1) is 10.2 Å². The van der Waals surface area contributed by atoms with Gasteiger partial charge in [0.15, 0.2) is 5.82 Å². The van der Waals surface area contributed by atoms with E-state index in [2.05, 4.69) is 15.2 Å². The van der Waals surface area contributed by atoms with Crippen LogP contribution in [0.1, 0.15) is 30.1 Å². The molecule has 4 rings (SSSR count). The van der Waals surface area contributed by atoms with E-state index in [-0.39, 0.29) is 5.82 Å². The summed E-state index contributed by atoms with van der Waals surface area (Å²) in [6, 6.07) is 6.60. The molecule has 2 heterocycles. The van der Waals surface area contributed by atoms with Gasteiger partial charge in [-0.2, -0.15) is 0 Å². The molecular weight excluding hydrogens is 281 g/mol. The molecule has 1 aromatic carbocycles. The smallest absolute Gasteiger partial charge is 0.203 e. The lowest BCUT2D eigenvalue weighted by Crippen LogP contribution is -2.19. The van der Waals surface area contributed by atoms with Crippen molar-refractivity contribution < 1.29 is 4.39 Å². The summed E-state index contributed by atoms with van der Waals surface area (Å²) < 4.78 is 15.3. The van der Waals surface area contributed by atoms with Gasteiger partial charge in [0.1, 0.15) is 11.6 Å². The van der Waals surface area contributed by atoms with Crippen molar-refractivity contribution >= 4 is 11.5 Å². The highest BCUT2D eigenvalue weighted by molar-refractivity contribution is 5.63. The van der Waals surface area contributed by atoms with E-state index in [9.17, 15) is 4.39 Å². The van der Waals surface area contributed by atoms with Gasteiger partial charge >= 0.3 is 0 Å². The van der Waals surface area contributed by atoms with Crippen LogP contribution in [-0.2, 0) is 6.54 Å². The highest BCUT2D eigenvalue weighted by Gasteiger charge is 2.29. The molecule has 5 nitrogen and oxygen atoms in total. The zero-order valence-corrected chi connectivity index (χ0v) is 12.3. The molecule has 0 unspecified atom stereocenters. The van der Waals surface area contributed by atoms with E-state index in [4.69, 9.17) is 0 Å². The van der Waals surface area contributed by atoms with Crippen LogP contribution in [0.3, 0.4) is 0 Å². The third-order valence-electron chi connectivity index (χ3n) is 3.95. The molecule has 3 aromatic rings. The standard InChI is InChI=1S/C16H16FN5/c1-21(10-11-3-2-4-13(17)9-11)15-16-20-19-14(12-5-6-12)22(16)8-7-18-15/h2-4,7-9,12H,5-6,10H2,1H3. The quantitative estimate of drug-likeness (QED) is 0.743. The highest BCUT2D eigenvalue weighted by atomic mass is 19.1. The first-order chi connectivity index (χ1) is 10.7. The van der Waals surface area contributed by atoms with Crippen LogP contribution in [0.5, 0.6) is 0 Å². The minimum absolute atomic E-state index is 0.226. The minimum atomic E-state index is -0.226. The van der Waals surface area contributed by atoms with Crippen LogP contribution >= 0.6 is 0 Å². The lowest BCUT2D eigenvalue weighted by atomic mass is 10.2. The van der Waals surface area contributed by atoms with E-state index < -0.39 is 0 Å². The maximum Gasteiger partial charge on any atom is 0.203 e. The Bertz CT molecular complexity index is 824. The number of benzene rings is 1. The van der Waals surface area contributed by atoms with E-state index in [0.29, 0.717) is 12.5 Å². The summed E-state index contributed by atoms with van der Waals surface area (Å²) in [4.78, 5) is 6.40. The molecule has 1 aliphatic carbocycles. The number of fused-ring (bicyclic) bond motifs is 1. The van der Waals surface area contributed by atoms with Gasteiger partial charge in [-0.25, -0.2) is 9.37 Å².